The molecule has 2 fully saturated rings. The number of aliphatic hydroxyl groups is 1. The van der Waals surface area contributed by atoms with E-state index >= 15 is 0 Å². The van der Waals surface area contributed by atoms with Crippen molar-refractivity contribution in [3.8, 4) is 11.4 Å². The van der Waals surface area contributed by atoms with Crippen molar-refractivity contribution >= 4 is 29.3 Å². The second-order valence-electron chi connectivity index (χ2n) is 11.1. The van der Waals surface area contributed by atoms with Gasteiger partial charge in [-0.15, -0.1) is 0 Å². The molecule has 0 amide bonds. The van der Waals surface area contributed by atoms with E-state index in [1.165, 1.54) is 0 Å². The molecule has 4 aromatic rings. The summed E-state index contributed by atoms with van der Waals surface area (Å²) >= 11 is 0. The van der Waals surface area contributed by atoms with E-state index in [4.69, 9.17) is 14.7 Å². The summed E-state index contributed by atoms with van der Waals surface area (Å²) in [5, 5.41) is 34.1. The first kappa shape index (κ1) is 26.8. The quantitative estimate of drug-likeness (QED) is 0.207. The van der Waals surface area contributed by atoms with Gasteiger partial charge in [-0.3, -0.25) is 10.3 Å². The Kier molecular flexibility index (Phi) is 7.06. The second kappa shape index (κ2) is 10.5. The molecule has 0 radical (unpaired) electrons. The molecule has 1 saturated heterocycles. The van der Waals surface area contributed by atoms with E-state index in [-0.39, 0.29) is 11.7 Å². The minimum absolute atomic E-state index is 0.00221. The molecular formula is C30H34BN5O4. The minimum atomic E-state index is -1.60. The van der Waals surface area contributed by atoms with Gasteiger partial charge in [0.15, 0.2) is 0 Å². The number of nitrogens with zero attached hydrogens (tertiary/aromatic N) is 4. The summed E-state index contributed by atoms with van der Waals surface area (Å²) in [6, 6.07) is 15.4. The predicted octanol–water partition coefficient (Wildman–Crippen LogP) is 2.53. The van der Waals surface area contributed by atoms with Crippen LogP contribution < -0.4 is 15.7 Å². The molecule has 1 aliphatic heterocycles. The summed E-state index contributed by atoms with van der Waals surface area (Å²) in [6.07, 6.45) is 3.17. The molecule has 1 saturated carbocycles. The van der Waals surface area contributed by atoms with E-state index in [2.05, 4.69) is 28.2 Å². The number of hydrogen-bond donors (Lipinski definition) is 4. The molecule has 4 N–H and O–H groups in total. The van der Waals surface area contributed by atoms with Crippen LogP contribution in [0.25, 0.3) is 22.3 Å². The zero-order chi connectivity index (χ0) is 28.0. The van der Waals surface area contributed by atoms with E-state index in [9.17, 15) is 15.2 Å². The normalized spacial score (nSPS) is 18.8. The predicted molar refractivity (Wildman–Crippen MR) is 155 cm³/mol. The van der Waals surface area contributed by atoms with Crippen LogP contribution in [-0.2, 0) is 11.3 Å². The molecule has 9 nitrogen and oxygen atoms in total. The van der Waals surface area contributed by atoms with Gasteiger partial charge in [0.05, 0.1) is 34.3 Å². The van der Waals surface area contributed by atoms with Crippen molar-refractivity contribution in [2.45, 2.75) is 58.1 Å². The van der Waals surface area contributed by atoms with Crippen LogP contribution in [0.2, 0.25) is 0 Å². The summed E-state index contributed by atoms with van der Waals surface area (Å²) in [5.74, 6) is 0.942. The Bertz CT molecular complexity index is 1560. The maximum absolute atomic E-state index is 10.8. The SMILES string of the molecule is Cc1cc(C(O)NCc2cc3nc(-c4cccc(N5C[C@@H](C)OC6(CC6)C5)n4)ccc3cn2)cc(B(O)O)c1C. The van der Waals surface area contributed by atoms with Crippen LogP contribution in [0.3, 0.4) is 0 Å². The van der Waals surface area contributed by atoms with Gasteiger partial charge in [-0.2, -0.15) is 0 Å². The second-order valence-corrected chi connectivity index (χ2v) is 11.1. The highest BCUT2D eigenvalue weighted by atomic mass is 16.5. The lowest BCUT2D eigenvalue weighted by atomic mass is 9.75. The number of nitrogens with one attached hydrogen (secondary N) is 1. The smallest absolute Gasteiger partial charge is 0.423 e. The summed E-state index contributed by atoms with van der Waals surface area (Å²) in [5.41, 5.74) is 5.71. The van der Waals surface area contributed by atoms with Crippen molar-refractivity contribution < 1.29 is 19.9 Å². The van der Waals surface area contributed by atoms with Crippen LogP contribution in [0.15, 0.2) is 54.7 Å². The number of ether oxygens (including phenoxy) is 1. The standard InChI is InChI=1S/C30H34BN5O4/c1-18-11-22(12-24(20(18)3)31(38)39)29(37)33-15-23-13-27-21(14-32-23)7-8-26(34-27)25-5-4-6-28(35-25)36-16-19(2)40-30(17-36)9-10-30/h4-8,11-14,19,29,33,37-39H,9-10,15-17H2,1-3H3/t19-,29?/m1/s1. The Morgan fingerprint density at radius 2 is 1.90 bits per heavy atom. The number of benzene rings is 1. The average molecular weight is 539 g/mol. The Morgan fingerprint density at radius 1 is 1.10 bits per heavy atom. The summed E-state index contributed by atoms with van der Waals surface area (Å²) in [4.78, 5) is 16.7. The Hall–Kier alpha value is -3.41. The molecule has 1 spiro atoms. The first-order chi connectivity index (χ1) is 19.2. The van der Waals surface area contributed by atoms with Gasteiger partial charge in [-0.25, -0.2) is 9.97 Å². The zero-order valence-electron chi connectivity index (χ0n) is 23.0. The van der Waals surface area contributed by atoms with E-state index in [1.54, 1.807) is 12.3 Å². The number of aliphatic hydroxyl groups excluding tert-OH is 1. The van der Waals surface area contributed by atoms with E-state index < -0.39 is 13.3 Å². The maximum Gasteiger partial charge on any atom is 0.488 e. The molecule has 1 aliphatic carbocycles. The minimum Gasteiger partial charge on any atom is -0.423 e. The number of morpholine rings is 1. The molecule has 2 aliphatic rings. The number of rotatable bonds is 7. The molecule has 4 heterocycles. The lowest BCUT2D eigenvalue weighted by molar-refractivity contribution is -0.0339. The first-order valence-corrected chi connectivity index (χ1v) is 13.7. The number of pyridine rings is 3. The van der Waals surface area contributed by atoms with Gasteiger partial charge in [0.2, 0.25) is 0 Å². The van der Waals surface area contributed by atoms with Gasteiger partial charge in [0, 0.05) is 31.2 Å². The fraction of sp³-hybridized carbons (Fsp3) is 0.367. The van der Waals surface area contributed by atoms with Gasteiger partial charge in [0.1, 0.15) is 12.0 Å². The molecule has 10 heteroatoms. The highest BCUT2D eigenvalue weighted by Crippen LogP contribution is 2.44. The number of aromatic nitrogens is 3. The summed E-state index contributed by atoms with van der Waals surface area (Å²) in [7, 11) is -1.60. The van der Waals surface area contributed by atoms with Crippen molar-refractivity contribution in [1.82, 2.24) is 20.3 Å². The van der Waals surface area contributed by atoms with Crippen molar-refractivity contribution in [2.75, 3.05) is 18.0 Å². The average Bonchev–Trinajstić information content (AvgIpc) is 3.69. The third-order valence-corrected chi connectivity index (χ3v) is 7.97. The van der Waals surface area contributed by atoms with Crippen LogP contribution in [-0.4, -0.2) is 62.0 Å². The van der Waals surface area contributed by atoms with Crippen LogP contribution in [0.4, 0.5) is 5.82 Å². The van der Waals surface area contributed by atoms with Crippen molar-refractivity contribution in [3.05, 3.63) is 77.1 Å². The van der Waals surface area contributed by atoms with Crippen LogP contribution in [0, 0.1) is 13.8 Å². The van der Waals surface area contributed by atoms with E-state index in [0.717, 1.165) is 70.9 Å². The third kappa shape index (κ3) is 5.46. The van der Waals surface area contributed by atoms with Crippen molar-refractivity contribution in [1.29, 1.82) is 0 Å². The molecule has 40 heavy (non-hydrogen) atoms. The molecule has 1 unspecified atom stereocenters. The van der Waals surface area contributed by atoms with Gasteiger partial charge >= 0.3 is 7.12 Å². The van der Waals surface area contributed by atoms with Gasteiger partial charge in [0.25, 0.3) is 0 Å². The van der Waals surface area contributed by atoms with Gasteiger partial charge < -0.3 is 24.8 Å². The molecule has 1 aromatic carbocycles. The lowest BCUT2D eigenvalue weighted by Gasteiger charge is -2.38. The highest BCUT2D eigenvalue weighted by Gasteiger charge is 2.49. The Balaban J connectivity index is 1.20. The van der Waals surface area contributed by atoms with Crippen LogP contribution in [0.1, 0.15) is 48.4 Å². The number of aryl methyl sites for hydroxylation is 1. The van der Waals surface area contributed by atoms with Crippen molar-refractivity contribution in [3.63, 3.8) is 0 Å². The summed E-state index contributed by atoms with van der Waals surface area (Å²) < 4.78 is 6.17. The molecule has 0 bridgehead atoms. The number of hydrogen-bond acceptors (Lipinski definition) is 9. The van der Waals surface area contributed by atoms with Crippen molar-refractivity contribution in [2.24, 2.45) is 0 Å². The highest BCUT2D eigenvalue weighted by molar-refractivity contribution is 6.59. The Labute approximate surface area is 234 Å². The van der Waals surface area contributed by atoms with Gasteiger partial charge in [-0.1, -0.05) is 18.2 Å². The summed E-state index contributed by atoms with van der Waals surface area (Å²) in [6.45, 7) is 7.82. The number of fused-ring (bicyclic) bond motifs is 1. The van der Waals surface area contributed by atoms with E-state index in [0.29, 0.717) is 17.6 Å². The van der Waals surface area contributed by atoms with E-state index in [1.807, 2.05) is 50.2 Å². The number of anilines is 1. The maximum atomic E-state index is 10.8. The fourth-order valence-electron chi connectivity index (χ4n) is 5.51. The first-order valence-electron chi connectivity index (χ1n) is 13.7. The Morgan fingerprint density at radius 3 is 2.67 bits per heavy atom. The molecule has 206 valence electrons. The topological polar surface area (TPSA) is 124 Å². The fourth-order valence-corrected chi connectivity index (χ4v) is 5.51. The van der Waals surface area contributed by atoms with Crippen LogP contribution >= 0.6 is 0 Å². The van der Waals surface area contributed by atoms with Gasteiger partial charge in [-0.05, 0) is 86.1 Å². The lowest BCUT2D eigenvalue weighted by Crippen LogP contribution is -2.48. The molecular weight excluding hydrogens is 505 g/mol. The largest absolute Gasteiger partial charge is 0.488 e. The zero-order valence-corrected chi connectivity index (χ0v) is 23.0. The molecule has 3 aromatic heterocycles. The molecule has 6 rings (SSSR count). The molecule has 2 atom stereocenters. The van der Waals surface area contributed by atoms with Crippen LogP contribution in [0.5, 0.6) is 0 Å². The monoisotopic (exact) mass is 539 g/mol. The third-order valence-electron chi connectivity index (χ3n) is 7.97.